The van der Waals surface area contributed by atoms with Gasteiger partial charge in [0.15, 0.2) is 0 Å². The highest BCUT2D eigenvalue weighted by atomic mass is 35.5. The number of rotatable bonds is 6. The number of hydrogen-bond donors (Lipinski definition) is 1. The number of hydrogen-bond acceptors (Lipinski definition) is 3. The lowest BCUT2D eigenvalue weighted by atomic mass is 9.89. The van der Waals surface area contributed by atoms with Gasteiger partial charge in [-0.2, -0.15) is 0 Å². The fourth-order valence-corrected chi connectivity index (χ4v) is 3.93. The minimum atomic E-state index is -0.0201. The van der Waals surface area contributed by atoms with Crippen LogP contribution in [0.15, 0.2) is 41.0 Å². The van der Waals surface area contributed by atoms with E-state index in [0.29, 0.717) is 15.6 Å². The van der Waals surface area contributed by atoms with Crippen LogP contribution in [0.1, 0.15) is 41.8 Å². The summed E-state index contributed by atoms with van der Waals surface area (Å²) in [5.74, 6) is 0.957. The molecular weight excluding hydrogens is 371 g/mol. The molecule has 0 aliphatic heterocycles. The Kier molecular flexibility index (Phi) is 6.63. The van der Waals surface area contributed by atoms with Crippen LogP contribution in [0.2, 0.25) is 10.0 Å². The van der Waals surface area contributed by atoms with E-state index < -0.39 is 0 Å². The minimum Gasteiger partial charge on any atom is -0.469 e. The summed E-state index contributed by atoms with van der Waals surface area (Å²) >= 11 is 12.0. The zero-order valence-electron chi connectivity index (χ0n) is 14.9. The molecule has 1 N–H and O–H groups in total. The van der Waals surface area contributed by atoms with Crippen molar-refractivity contribution in [3.8, 4) is 0 Å². The average Bonchev–Trinajstić information content (AvgIpc) is 3.17. The molecule has 3 rings (SSSR count). The Morgan fingerprint density at radius 2 is 2.04 bits per heavy atom. The molecule has 2 aromatic rings. The van der Waals surface area contributed by atoms with Crippen molar-refractivity contribution in [1.29, 1.82) is 0 Å². The first kappa shape index (κ1) is 19.3. The zero-order chi connectivity index (χ0) is 18.5. The van der Waals surface area contributed by atoms with Crippen molar-refractivity contribution in [1.82, 2.24) is 10.2 Å². The zero-order valence-corrected chi connectivity index (χ0v) is 16.4. The molecule has 0 radical (unpaired) electrons. The lowest BCUT2D eigenvalue weighted by molar-refractivity contribution is 0.0649. The molecule has 0 saturated heterocycles. The van der Waals surface area contributed by atoms with E-state index in [0.717, 1.165) is 38.0 Å². The molecule has 1 amide bonds. The monoisotopic (exact) mass is 394 g/mol. The number of carbonyl (C=O) groups excluding carboxylic acids is 1. The lowest BCUT2D eigenvalue weighted by Crippen LogP contribution is -2.52. The maximum absolute atomic E-state index is 12.9. The van der Waals surface area contributed by atoms with Crippen LogP contribution in [-0.4, -0.2) is 36.5 Å². The van der Waals surface area contributed by atoms with Gasteiger partial charge in [0.25, 0.3) is 5.91 Å². The van der Waals surface area contributed by atoms with E-state index in [-0.39, 0.29) is 18.0 Å². The summed E-state index contributed by atoms with van der Waals surface area (Å²) in [6.07, 6.45) is 6.94. The Balaban J connectivity index is 1.63. The molecule has 0 bridgehead atoms. The maximum Gasteiger partial charge on any atom is 0.253 e. The summed E-state index contributed by atoms with van der Waals surface area (Å²) in [5, 5.41) is 4.48. The molecule has 6 heteroatoms. The number of nitrogens with one attached hydrogen (secondary N) is 1. The van der Waals surface area contributed by atoms with E-state index >= 15 is 0 Å². The molecule has 2 unspecified atom stereocenters. The predicted molar refractivity (Wildman–Crippen MR) is 105 cm³/mol. The Morgan fingerprint density at radius 3 is 2.77 bits per heavy atom. The summed E-state index contributed by atoms with van der Waals surface area (Å²) in [7, 11) is 1.88. The molecule has 1 aromatic heterocycles. The molecule has 2 atom stereocenters. The van der Waals surface area contributed by atoms with E-state index in [4.69, 9.17) is 27.6 Å². The Hall–Kier alpha value is -1.49. The van der Waals surface area contributed by atoms with Crippen molar-refractivity contribution >= 4 is 29.1 Å². The van der Waals surface area contributed by atoms with Gasteiger partial charge in [-0.25, -0.2) is 0 Å². The number of benzene rings is 1. The largest absolute Gasteiger partial charge is 0.469 e. The molecule has 4 nitrogen and oxygen atoms in total. The number of likely N-dealkylation sites (N-methyl/N-ethyl adjacent to an activating group) is 1. The SMILES string of the molecule is CN(C(=O)c1ccc(Cl)c(Cl)c1)C1CCCCC1NCCc1ccco1. The fourth-order valence-electron chi connectivity index (χ4n) is 3.63. The number of furan rings is 1. The summed E-state index contributed by atoms with van der Waals surface area (Å²) in [5.41, 5.74) is 0.571. The molecule has 140 valence electrons. The lowest BCUT2D eigenvalue weighted by Gasteiger charge is -2.38. The predicted octanol–water partition coefficient (Wildman–Crippen LogP) is 4.80. The van der Waals surface area contributed by atoms with E-state index in [9.17, 15) is 4.79 Å². The summed E-state index contributed by atoms with van der Waals surface area (Å²) < 4.78 is 5.39. The van der Waals surface area contributed by atoms with E-state index in [1.807, 2.05) is 24.1 Å². The van der Waals surface area contributed by atoms with Crippen molar-refractivity contribution in [3.05, 3.63) is 58.0 Å². The molecule has 1 aliphatic rings. The van der Waals surface area contributed by atoms with Crippen molar-refractivity contribution in [2.24, 2.45) is 0 Å². The van der Waals surface area contributed by atoms with Gasteiger partial charge in [0.1, 0.15) is 5.76 Å². The molecule has 1 saturated carbocycles. The van der Waals surface area contributed by atoms with Crippen LogP contribution in [0.3, 0.4) is 0 Å². The van der Waals surface area contributed by atoms with Crippen LogP contribution < -0.4 is 5.32 Å². The molecule has 1 aromatic carbocycles. The van der Waals surface area contributed by atoms with Crippen LogP contribution in [-0.2, 0) is 6.42 Å². The van der Waals surface area contributed by atoms with Crippen LogP contribution in [0, 0.1) is 0 Å². The topological polar surface area (TPSA) is 45.5 Å². The third-order valence-electron chi connectivity index (χ3n) is 5.07. The Morgan fingerprint density at radius 1 is 1.23 bits per heavy atom. The maximum atomic E-state index is 12.9. The van der Waals surface area contributed by atoms with Crippen LogP contribution in [0.5, 0.6) is 0 Å². The van der Waals surface area contributed by atoms with Crippen LogP contribution in [0.25, 0.3) is 0 Å². The van der Waals surface area contributed by atoms with Gasteiger partial charge in [0.2, 0.25) is 0 Å². The average molecular weight is 395 g/mol. The molecular formula is C20H24Cl2N2O2. The van der Waals surface area contributed by atoms with Crippen molar-refractivity contribution in [2.45, 2.75) is 44.2 Å². The highest BCUT2D eigenvalue weighted by molar-refractivity contribution is 6.42. The molecule has 1 fully saturated rings. The third-order valence-corrected chi connectivity index (χ3v) is 5.81. The van der Waals surface area contributed by atoms with Gasteiger partial charge >= 0.3 is 0 Å². The van der Waals surface area contributed by atoms with Gasteiger partial charge in [-0.05, 0) is 43.2 Å². The number of carbonyl (C=O) groups is 1. The van der Waals surface area contributed by atoms with Gasteiger partial charge in [0.05, 0.1) is 16.3 Å². The summed E-state index contributed by atoms with van der Waals surface area (Å²) in [6.45, 7) is 0.837. The van der Waals surface area contributed by atoms with Gasteiger partial charge in [-0.15, -0.1) is 0 Å². The fraction of sp³-hybridized carbons (Fsp3) is 0.450. The highest BCUT2D eigenvalue weighted by Crippen LogP contribution is 2.26. The molecule has 26 heavy (non-hydrogen) atoms. The van der Waals surface area contributed by atoms with Gasteiger partial charge in [-0.1, -0.05) is 36.0 Å². The first-order valence-electron chi connectivity index (χ1n) is 9.04. The van der Waals surface area contributed by atoms with Crippen LogP contribution in [0.4, 0.5) is 0 Å². The first-order chi connectivity index (χ1) is 12.6. The van der Waals surface area contributed by atoms with Gasteiger partial charge < -0.3 is 14.6 Å². The molecule has 1 heterocycles. The van der Waals surface area contributed by atoms with Crippen LogP contribution >= 0.6 is 23.2 Å². The quantitative estimate of drug-likeness (QED) is 0.764. The summed E-state index contributed by atoms with van der Waals surface area (Å²) in [6, 6.07) is 9.39. The molecule has 1 aliphatic carbocycles. The van der Waals surface area contributed by atoms with E-state index in [2.05, 4.69) is 5.32 Å². The first-order valence-corrected chi connectivity index (χ1v) is 9.80. The Labute approximate surface area is 164 Å². The standard InChI is InChI=1S/C20H24Cl2N2O2/c1-24(20(25)14-8-9-16(21)17(22)13-14)19-7-3-2-6-18(19)23-11-10-15-5-4-12-26-15/h4-5,8-9,12-13,18-19,23H,2-3,6-7,10-11H2,1H3. The van der Waals surface area contributed by atoms with Crippen molar-refractivity contribution < 1.29 is 9.21 Å². The second-order valence-electron chi connectivity index (χ2n) is 6.79. The third kappa shape index (κ3) is 4.61. The Bertz CT molecular complexity index is 733. The number of amides is 1. The van der Waals surface area contributed by atoms with Crippen molar-refractivity contribution in [3.63, 3.8) is 0 Å². The second-order valence-corrected chi connectivity index (χ2v) is 7.60. The smallest absolute Gasteiger partial charge is 0.253 e. The minimum absolute atomic E-state index is 0.0201. The number of halogens is 2. The normalized spacial score (nSPS) is 20.1. The van der Waals surface area contributed by atoms with Crippen molar-refractivity contribution in [2.75, 3.05) is 13.6 Å². The number of nitrogens with zero attached hydrogens (tertiary/aromatic N) is 1. The summed E-state index contributed by atoms with van der Waals surface area (Å²) in [4.78, 5) is 14.7. The van der Waals surface area contributed by atoms with E-state index in [1.165, 1.54) is 6.42 Å². The van der Waals surface area contributed by atoms with Gasteiger partial charge in [-0.3, -0.25) is 4.79 Å². The molecule has 0 spiro atoms. The second kappa shape index (κ2) is 8.94. The highest BCUT2D eigenvalue weighted by Gasteiger charge is 2.31. The van der Waals surface area contributed by atoms with E-state index in [1.54, 1.807) is 24.5 Å². The van der Waals surface area contributed by atoms with Gasteiger partial charge in [0, 0.05) is 37.7 Å².